The molecule has 0 bridgehead atoms. The Balaban J connectivity index is 1.60. The molecule has 0 fully saturated rings. The Morgan fingerprint density at radius 1 is 1.11 bits per heavy atom. The van der Waals surface area contributed by atoms with Crippen LogP contribution in [0.3, 0.4) is 0 Å². The Morgan fingerprint density at radius 2 is 1.78 bits per heavy atom. The molecule has 0 aliphatic rings. The number of rotatable bonds is 5. The highest BCUT2D eigenvalue weighted by Crippen LogP contribution is 2.29. The van der Waals surface area contributed by atoms with Gasteiger partial charge in [0, 0.05) is 18.2 Å². The van der Waals surface area contributed by atoms with E-state index in [1.54, 1.807) is 12.1 Å². The summed E-state index contributed by atoms with van der Waals surface area (Å²) in [6.07, 6.45) is -5.60. The number of carbonyl (C=O) groups is 1. The molecule has 1 aromatic heterocycles. The number of aromatic nitrogens is 1. The molecule has 3 aromatic rings. The van der Waals surface area contributed by atoms with Crippen LogP contribution in [0.25, 0.3) is 11.3 Å². The summed E-state index contributed by atoms with van der Waals surface area (Å²) in [5.74, 6) is -0.143. The summed E-state index contributed by atoms with van der Waals surface area (Å²) >= 11 is 0. The van der Waals surface area contributed by atoms with E-state index in [-0.39, 0.29) is 17.8 Å². The van der Waals surface area contributed by atoms with Crippen molar-refractivity contribution in [3.8, 4) is 11.3 Å². The van der Waals surface area contributed by atoms with Crippen LogP contribution < -0.4 is 5.32 Å². The molecule has 0 aliphatic carbocycles. The predicted molar refractivity (Wildman–Crippen MR) is 90.7 cm³/mol. The lowest BCUT2D eigenvalue weighted by Crippen LogP contribution is -2.28. The van der Waals surface area contributed by atoms with Crippen LogP contribution in [-0.2, 0) is 6.18 Å². The van der Waals surface area contributed by atoms with Crippen LogP contribution in [0, 0.1) is 0 Å². The minimum absolute atomic E-state index is 0.0356. The number of aliphatic hydroxyl groups is 1. The lowest BCUT2D eigenvalue weighted by Gasteiger charge is -2.13. The van der Waals surface area contributed by atoms with Gasteiger partial charge in [-0.2, -0.15) is 13.2 Å². The van der Waals surface area contributed by atoms with Crippen molar-refractivity contribution in [2.75, 3.05) is 6.54 Å². The fourth-order valence-electron chi connectivity index (χ4n) is 2.41. The van der Waals surface area contributed by atoms with Crippen molar-refractivity contribution in [2.24, 2.45) is 0 Å². The largest absolute Gasteiger partial charge is 0.416 e. The fourth-order valence-corrected chi connectivity index (χ4v) is 2.41. The van der Waals surface area contributed by atoms with Crippen LogP contribution in [0.4, 0.5) is 13.2 Å². The smallest absolute Gasteiger partial charge is 0.387 e. The summed E-state index contributed by atoms with van der Waals surface area (Å²) < 4.78 is 42.8. The van der Waals surface area contributed by atoms with Gasteiger partial charge >= 0.3 is 6.18 Å². The lowest BCUT2D eigenvalue weighted by molar-refractivity contribution is -0.137. The number of halogens is 3. The average molecular weight is 376 g/mol. The zero-order valence-corrected chi connectivity index (χ0v) is 13.9. The molecule has 1 atom stereocenters. The average Bonchev–Trinajstić information content (AvgIpc) is 3.16. The Labute approximate surface area is 152 Å². The molecule has 0 saturated carbocycles. The number of carbonyl (C=O) groups excluding carboxylic acids is 1. The van der Waals surface area contributed by atoms with Crippen LogP contribution in [0.2, 0.25) is 0 Å². The number of alkyl halides is 3. The maximum atomic E-state index is 12.6. The van der Waals surface area contributed by atoms with Gasteiger partial charge in [0.2, 0.25) is 0 Å². The van der Waals surface area contributed by atoms with E-state index >= 15 is 0 Å². The van der Waals surface area contributed by atoms with Crippen LogP contribution in [0.1, 0.15) is 27.7 Å². The van der Waals surface area contributed by atoms with Gasteiger partial charge in [0.1, 0.15) is 0 Å². The summed E-state index contributed by atoms with van der Waals surface area (Å²) in [4.78, 5) is 12.1. The highest BCUT2D eigenvalue weighted by atomic mass is 19.4. The standard InChI is InChI=1S/C19H15F3N2O3/c20-19(21,22)14-8-6-12(7-9-14)16(25)11-23-18(26)15-10-17(27-24-15)13-4-2-1-3-5-13/h1-10,16,25H,11H2,(H,23,26). The number of nitrogens with zero attached hydrogens (tertiary/aromatic N) is 1. The predicted octanol–water partition coefficient (Wildman–Crippen LogP) is 3.82. The van der Waals surface area contributed by atoms with Gasteiger partial charge in [-0.05, 0) is 17.7 Å². The Kier molecular flexibility index (Phi) is 5.27. The lowest BCUT2D eigenvalue weighted by atomic mass is 10.1. The first-order valence-corrected chi connectivity index (χ1v) is 8.00. The second-order valence-corrected chi connectivity index (χ2v) is 5.79. The molecule has 2 aromatic carbocycles. The topological polar surface area (TPSA) is 75.4 Å². The highest BCUT2D eigenvalue weighted by molar-refractivity contribution is 5.93. The molecule has 1 amide bonds. The van der Waals surface area contributed by atoms with Gasteiger partial charge in [-0.1, -0.05) is 47.6 Å². The van der Waals surface area contributed by atoms with Crippen molar-refractivity contribution < 1.29 is 27.6 Å². The van der Waals surface area contributed by atoms with Gasteiger partial charge in [-0.15, -0.1) is 0 Å². The number of hydrogen-bond acceptors (Lipinski definition) is 4. The molecule has 27 heavy (non-hydrogen) atoms. The SMILES string of the molecule is O=C(NCC(O)c1ccc(C(F)(F)F)cc1)c1cc(-c2ccccc2)on1. The summed E-state index contributed by atoms with van der Waals surface area (Å²) in [7, 11) is 0. The van der Waals surface area contributed by atoms with Gasteiger partial charge in [0.25, 0.3) is 5.91 Å². The van der Waals surface area contributed by atoms with Gasteiger partial charge in [-0.3, -0.25) is 4.79 Å². The summed E-state index contributed by atoms with van der Waals surface area (Å²) in [5, 5.41) is 16.2. The van der Waals surface area contributed by atoms with Gasteiger partial charge in [0.15, 0.2) is 11.5 Å². The van der Waals surface area contributed by atoms with E-state index in [1.165, 1.54) is 18.2 Å². The van der Waals surface area contributed by atoms with E-state index in [0.29, 0.717) is 5.76 Å². The quantitative estimate of drug-likeness (QED) is 0.710. The maximum Gasteiger partial charge on any atom is 0.416 e. The van der Waals surface area contributed by atoms with E-state index in [4.69, 9.17) is 4.52 Å². The molecule has 2 N–H and O–H groups in total. The van der Waals surface area contributed by atoms with Crippen molar-refractivity contribution in [1.29, 1.82) is 0 Å². The van der Waals surface area contributed by atoms with Gasteiger partial charge < -0.3 is 14.9 Å². The number of hydrogen-bond donors (Lipinski definition) is 2. The van der Waals surface area contributed by atoms with Crippen molar-refractivity contribution in [2.45, 2.75) is 12.3 Å². The molecule has 0 saturated heterocycles. The Bertz CT molecular complexity index is 906. The minimum Gasteiger partial charge on any atom is -0.387 e. The maximum absolute atomic E-state index is 12.6. The third kappa shape index (κ3) is 4.53. The fraction of sp³-hybridized carbons (Fsp3) is 0.158. The van der Waals surface area contributed by atoms with Crippen LogP contribution >= 0.6 is 0 Å². The molecule has 1 heterocycles. The molecule has 140 valence electrons. The molecule has 0 radical (unpaired) electrons. The number of benzene rings is 2. The monoisotopic (exact) mass is 376 g/mol. The number of aliphatic hydroxyl groups excluding tert-OH is 1. The Morgan fingerprint density at radius 3 is 2.41 bits per heavy atom. The second-order valence-electron chi connectivity index (χ2n) is 5.79. The summed E-state index contributed by atoms with van der Waals surface area (Å²) in [5.41, 5.74) is 0.245. The molecule has 8 heteroatoms. The van der Waals surface area contributed by atoms with Crippen LogP contribution in [0.15, 0.2) is 65.2 Å². The van der Waals surface area contributed by atoms with Crippen molar-refractivity contribution in [3.05, 3.63) is 77.5 Å². The van der Waals surface area contributed by atoms with Crippen molar-refractivity contribution >= 4 is 5.91 Å². The first kappa shape index (κ1) is 18.7. The van der Waals surface area contributed by atoms with E-state index in [2.05, 4.69) is 10.5 Å². The van der Waals surface area contributed by atoms with Gasteiger partial charge in [0.05, 0.1) is 11.7 Å². The number of nitrogens with one attached hydrogen (secondary N) is 1. The minimum atomic E-state index is -4.44. The first-order chi connectivity index (χ1) is 12.8. The van der Waals surface area contributed by atoms with E-state index in [1.807, 2.05) is 18.2 Å². The van der Waals surface area contributed by atoms with Gasteiger partial charge in [-0.25, -0.2) is 0 Å². The van der Waals surface area contributed by atoms with Crippen molar-refractivity contribution in [1.82, 2.24) is 10.5 Å². The normalized spacial score (nSPS) is 12.6. The first-order valence-electron chi connectivity index (χ1n) is 8.00. The molecule has 3 rings (SSSR count). The third-order valence-electron chi connectivity index (χ3n) is 3.88. The summed E-state index contributed by atoms with van der Waals surface area (Å²) in [6, 6.07) is 14.6. The molecule has 0 spiro atoms. The highest BCUT2D eigenvalue weighted by Gasteiger charge is 2.30. The molecular weight excluding hydrogens is 361 g/mol. The Hall–Kier alpha value is -3.13. The molecule has 0 aliphatic heterocycles. The molecule has 5 nitrogen and oxygen atoms in total. The summed E-state index contributed by atoms with van der Waals surface area (Å²) in [6.45, 7) is -0.183. The second kappa shape index (κ2) is 7.63. The zero-order chi connectivity index (χ0) is 19.4. The van der Waals surface area contributed by atoms with Crippen LogP contribution in [-0.4, -0.2) is 22.7 Å². The molecule has 1 unspecified atom stereocenters. The zero-order valence-electron chi connectivity index (χ0n) is 13.9. The van der Waals surface area contributed by atoms with E-state index < -0.39 is 23.8 Å². The van der Waals surface area contributed by atoms with E-state index in [0.717, 1.165) is 17.7 Å². The molecular formula is C19H15F3N2O3. The third-order valence-corrected chi connectivity index (χ3v) is 3.88. The van der Waals surface area contributed by atoms with Crippen molar-refractivity contribution in [3.63, 3.8) is 0 Å². The number of amides is 1. The van der Waals surface area contributed by atoms with Crippen LogP contribution in [0.5, 0.6) is 0 Å². The van der Waals surface area contributed by atoms with E-state index in [9.17, 15) is 23.1 Å².